The van der Waals surface area contributed by atoms with Gasteiger partial charge in [-0.15, -0.1) is 11.3 Å². The van der Waals surface area contributed by atoms with Crippen molar-refractivity contribution in [1.82, 2.24) is 9.97 Å². The molecule has 2 aromatic heterocycles. The fourth-order valence-electron chi connectivity index (χ4n) is 4.35. The molecule has 2 aromatic rings. The van der Waals surface area contributed by atoms with Crippen molar-refractivity contribution in [3.05, 3.63) is 58.1 Å². The molecule has 5 nitrogen and oxygen atoms in total. The van der Waals surface area contributed by atoms with E-state index in [1.54, 1.807) is 12.4 Å². The summed E-state index contributed by atoms with van der Waals surface area (Å²) >= 11 is 1.06. The molecule has 3 N–H and O–H groups in total. The van der Waals surface area contributed by atoms with E-state index in [1.165, 1.54) is 17.5 Å². The van der Waals surface area contributed by atoms with Crippen LogP contribution in [0.4, 0.5) is 14.5 Å². The van der Waals surface area contributed by atoms with Crippen molar-refractivity contribution in [2.24, 2.45) is 11.7 Å². The predicted molar refractivity (Wildman–Crippen MR) is 115 cm³/mol. The van der Waals surface area contributed by atoms with Crippen LogP contribution in [0.15, 0.2) is 41.8 Å². The van der Waals surface area contributed by atoms with Crippen LogP contribution in [0.5, 0.6) is 0 Å². The maximum Gasteiger partial charge on any atom is 0.275 e. The molecule has 4 atom stereocenters. The molecule has 0 unspecified atom stereocenters. The summed E-state index contributed by atoms with van der Waals surface area (Å²) in [6.07, 6.45) is 7.53. The first-order chi connectivity index (χ1) is 14.4. The van der Waals surface area contributed by atoms with Gasteiger partial charge in [-0.3, -0.25) is 9.78 Å². The van der Waals surface area contributed by atoms with E-state index in [2.05, 4.69) is 22.2 Å². The summed E-state index contributed by atoms with van der Waals surface area (Å²) in [5.41, 5.74) is 7.87. The van der Waals surface area contributed by atoms with Gasteiger partial charge in [0.1, 0.15) is 22.7 Å². The quantitative estimate of drug-likeness (QED) is 0.715. The Labute approximate surface area is 178 Å². The lowest BCUT2D eigenvalue weighted by molar-refractivity contribution is 0.102. The number of nitrogens with one attached hydrogen (secondary N) is 1. The third-order valence-corrected chi connectivity index (χ3v) is 6.54. The highest BCUT2D eigenvalue weighted by Crippen LogP contribution is 2.38. The Hall–Kier alpha value is -2.45. The van der Waals surface area contributed by atoms with Crippen molar-refractivity contribution in [2.75, 3.05) is 5.32 Å². The molecule has 1 saturated carbocycles. The number of carbonyl (C=O) groups excluding carboxylic acids is 1. The molecule has 0 bridgehead atoms. The van der Waals surface area contributed by atoms with Gasteiger partial charge in [0, 0.05) is 24.0 Å². The molecule has 2 heterocycles. The number of amides is 1. The van der Waals surface area contributed by atoms with Gasteiger partial charge in [0.25, 0.3) is 5.91 Å². The minimum absolute atomic E-state index is 0.0891. The van der Waals surface area contributed by atoms with E-state index in [0.717, 1.165) is 36.2 Å². The van der Waals surface area contributed by atoms with Gasteiger partial charge in [-0.25, -0.2) is 13.8 Å². The van der Waals surface area contributed by atoms with Gasteiger partial charge in [-0.1, -0.05) is 13.0 Å². The molecule has 2 aliphatic carbocycles. The Balaban J connectivity index is 1.55. The van der Waals surface area contributed by atoms with Gasteiger partial charge >= 0.3 is 0 Å². The van der Waals surface area contributed by atoms with E-state index in [9.17, 15) is 13.6 Å². The van der Waals surface area contributed by atoms with Crippen LogP contribution >= 0.6 is 11.3 Å². The van der Waals surface area contributed by atoms with Crippen molar-refractivity contribution in [3.8, 4) is 0 Å². The average Bonchev–Trinajstić information content (AvgIpc) is 3.17. The number of thiazole rings is 1. The largest absolute Gasteiger partial charge is 0.328 e. The Bertz CT molecular complexity index is 993. The third-order valence-electron chi connectivity index (χ3n) is 5.67. The number of rotatable bonds is 4. The average molecular weight is 431 g/mol. The fraction of sp³-hybridized carbons (Fsp3) is 0.409. The van der Waals surface area contributed by atoms with Crippen LogP contribution in [0.25, 0.3) is 5.57 Å². The molecule has 0 aromatic carbocycles. The van der Waals surface area contributed by atoms with E-state index in [-0.39, 0.29) is 34.7 Å². The summed E-state index contributed by atoms with van der Waals surface area (Å²) in [5, 5.41) is 4.58. The van der Waals surface area contributed by atoms with Crippen LogP contribution < -0.4 is 11.1 Å². The second kappa shape index (κ2) is 8.73. The van der Waals surface area contributed by atoms with Gasteiger partial charge in [0.2, 0.25) is 0 Å². The van der Waals surface area contributed by atoms with Gasteiger partial charge in [0.15, 0.2) is 0 Å². The predicted octanol–water partition coefficient (Wildman–Crippen LogP) is 5.00. The molecule has 0 saturated heterocycles. The molecular formula is C22H24F2N4OS. The zero-order chi connectivity index (χ0) is 21.3. The number of hydrogen-bond acceptors (Lipinski definition) is 5. The molecule has 0 aliphatic heterocycles. The van der Waals surface area contributed by atoms with Crippen LogP contribution in [0.1, 0.15) is 59.6 Å². The number of allylic oxidation sites excluding steroid dienone is 4. The number of pyridine rings is 1. The molecule has 8 heteroatoms. The lowest BCUT2D eigenvalue weighted by Gasteiger charge is -2.32. The van der Waals surface area contributed by atoms with Crippen LogP contribution in [0, 0.1) is 5.92 Å². The van der Waals surface area contributed by atoms with Gasteiger partial charge in [0.05, 0.1) is 17.5 Å². The van der Waals surface area contributed by atoms with Crippen molar-refractivity contribution >= 4 is 28.5 Å². The molecule has 30 heavy (non-hydrogen) atoms. The summed E-state index contributed by atoms with van der Waals surface area (Å²) in [6, 6.07) is 2.05. The Morgan fingerprint density at radius 3 is 2.93 bits per heavy atom. The van der Waals surface area contributed by atoms with E-state index in [4.69, 9.17) is 5.73 Å². The number of alkyl halides is 1. The van der Waals surface area contributed by atoms with Crippen LogP contribution in [0.2, 0.25) is 0 Å². The molecule has 2 aliphatic rings. The first-order valence-corrected chi connectivity index (χ1v) is 11.0. The Kier molecular flexibility index (Phi) is 6.06. The second-order valence-corrected chi connectivity index (χ2v) is 8.95. The van der Waals surface area contributed by atoms with Crippen molar-refractivity contribution in [3.63, 3.8) is 0 Å². The minimum atomic E-state index is -1.46. The summed E-state index contributed by atoms with van der Waals surface area (Å²) in [5.74, 6) is -0.318. The lowest BCUT2D eigenvalue weighted by atomic mass is 9.76. The Morgan fingerprint density at radius 1 is 1.33 bits per heavy atom. The smallest absolute Gasteiger partial charge is 0.275 e. The molecule has 0 radical (unpaired) electrons. The topological polar surface area (TPSA) is 80.9 Å². The van der Waals surface area contributed by atoms with Crippen molar-refractivity contribution < 1.29 is 13.6 Å². The van der Waals surface area contributed by atoms with E-state index >= 15 is 0 Å². The maximum atomic E-state index is 14.2. The maximum absolute atomic E-state index is 14.2. The number of carbonyl (C=O) groups is 1. The summed E-state index contributed by atoms with van der Waals surface area (Å²) < 4.78 is 28.2. The normalized spacial score (nSPS) is 26.7. The van der Waals surface area contributed by atoms with Crippen molar-refractivity contribution in [1.29, 1.82) is 0 Å². The first kappa shape index (κ1) is 20.8. The molecular weight excluding hydrogens is 406 g/mol. The van der Waals surface area contributed by atoms with E-state index in [1.807, 2.05) is 6.07 Å². The third kappa shape index (κ3) is 4.34. The van der Waals surface area contributed by atoms with E-state index in [0.29, 0.717) is 11.6 Å². The van der Waals surface area contributed by atoms with Crippen LogP contribution in [-0.2, 0) is 0 Å². The number of nitrogens with zero attached hydrogens (tertiary/aromatic N) is 2. The molecule has 158 valence electrons. The zero-order valence-electron chi connectivity index (χ0n) is 16.6. The number of nitrogens with two attached hydrogens (primary N) is 1. The highest BCUT2D eigenvalue weighted by atomic mass is 32.1. The minimum Gasteiger partial charge on any atom is -0.328 e. The Morgan fingerprint density at radius 2 is 2.17 bits per heavy atom. The summed E-state index contributed by atoms with van der Waals surface area (Å²) in [4.78, 5) is 21.1. The molecule has 1 fully saturated rings. The lowest BCUT2D eigenvalue weighted by Crippen LogP contribution is -2.31. The van der Waals surface area contributed by atoms with Gasteiger partial charge in [-0.2, -0.15) is 0 Å². The molecule has 4 rings (SSSR count). The second-order valence-electron chi connectivity index (χ2n) is 8.09. The highest BCUT2D eigenvalue weighted by Gasteiger charge is 2.28. The number of aromatic nitrogens is 2. The molecule has 1 amide bonds. The first-order valence-electron chi connectivity index (χ1n) is 10.1. The molecule has 0 spiro atoms. The number of halogens is 2. The van der Waals surface area contributed by atoms with E-state index < -0.39 is 17.9 Å². The summed E-state index contributed by atoms with van der Waals surface area (Å²) in [7, 11) is 0. The monoisotopic (exact) mass is 430 g/mol. The SMILES string of the molecule is C[C@@H]1C[C@H](N)C[C@H](c2ccncc2NC(=O)c2csc(C3=C(F)C=CC[C@@H]3F)n2)C1. The summed E-state index contributed by atoms with van der Waals surface area (Å²) in [6.45, 7) is 2.19. The number of hydrogen-bond donors (Lipinski definition) is 2. The fourth-order valence-corrected chi connectivity index (χ4v) is 5.24. The van der Waals surface area contributed by atoms with Gasteiger partial charge in [-0.05, 0) is 48.8 Å². The van der Waals surface area contributed by atoms with Crippen LogP contribution in [0.3, 0.4) is 0 Å². The number of anilines is 1. The van der Waals surface area contributed by atoms with Crippen molar-refractivity contribution in [2.45, 2.75) is 50.7 Å². The highest BCUT2D eigenvalue weighted by molar-refractivity contribution is 7.11. The van der Waals surface area contributed by atoms with Crippen LogP contribution in [-0.4, -0.2) is 28.1 Å². The zero-order valence-corrected chi connectivity index (χ0v) is 17.5. The standard InChI is InChI=1S/C22H24F2N4OS/c1-12-7-13(9-14(25)8-12)15-5-6-26-10-18(15)27-21(29)19-11-30-22(28-19)20-16(23)3-2-4-17(20)24/h2-3,5-6,10-14,17H,4,7-9,25H2,1H3,(H,27,29)/t12-,13+,14-,17-/m0/s1. The van der Waals surface area contributed by atoms with Gasteiger partial charge < -0.3 is 11.1 Å².